The number of thiophene rings is 1. The van der Waals surface area contributed by atoms with Gasteiger partial charge in [-0.25, -0.2) is 0 Å². The van der Waals surface area contributed by atoms with E-state index in [9.17, 15) is 4.79 Å². The number of hydrogen-bond acceptors (Lipinski definition) is 2. The van der Waals surface area contributed by atoms with Gasteiger partial charge in [-0.1, -0.05) is 43.7 Å². The average molecular weight is 287 g/mol. The molecule has 0 aliphatic carbocycles. The van der Waals surface area contributed by atoms with Gasteiger partial charge < -0.3 is 4.90 Å². The first-order chi connectivity index (χ1) is 9.61. The van der Waals surface area contributed by atoms with Crippen molar-refractivity contribution in [2.75, 3.05) is 7.05 Å². The Bertz CT molecular complexity index is 574. The zero-order valence-corrected chi connectivity index (χ0v) is 13.2. The maximum Gasteiger partial charge on any atom is 0.263 e. The molecular weight excluding hydrogens is 266 g/mol. The second-order valence-corrected chi connectivity index (χ2v) is 6.35. The zero-order chi connectivity index (χ0) is 14.5. The first-order valence-electron chi connectivity index (χ1n) is 7.00. The van der Waals surface area contributed by atoms with Crippen LogP contribution >= 0.6 is 11.3 Å². The van der Waals surface area contributed by atoms with Crippen LogP contribution in [0.5, 0.6) is 0 Å². The molecule has 1 aromatic carbocycles. The minimum Gasteiger partial charge on any atom is -0.337 e. The predicted molar refractivity (Wildman–Crippen MR) is 85.3 cm³/mol. The molecule has 1 amide bonds. The van der Waals surface area contributed by atoms with Crippen LogP contribution in [0.4, 0.5) is 0 Å². The van der Waals surface area contributed by atoms with Crippen molar-refractivity contribution in [1.29, 1.82) is 0 Å². The van der Waals surface area contributed by atoms with E-state index >= 15 is 0 Å². The predicted octanol–water partition coefficient (Wildman–Crippen LogP) is 4.28. The molecule has 0 unspecified atom stereocenters. The molecular formula is C17H21NOS. The van der Waals surface area contributed by atoms with Gasteiger partial charge >= 0.3 is 0 Å². The first kappa shape index (κ1) is 14.8. The van der Waals surface area contributed by atoms with Crippen LogP contribution < -0.4 is 0 Å². The van der Waals surface area contributed by atoms with Crippen molar-refractivity contribution in [1.82, 2.24) is 4.90 Å². The zero-order valence-electron chi connectivity index (χ0n) is 12.3. The quantitative estimate of drug-likeness (QED) is 0.803. The highest BCUT2D eigenvalue weighted by molar-refractivity contribution is 7.14. The van der Waals surface area contributed by atoms with Crippen molar-refractivity contribution in [3.8, 4) is 0 Å². The van der Waals surface area contributed by atoms with E-state index in [1.54, 1.807) is 16.2 Å². The van der Waals surface area contributed by atoms with Crippen LogP contribution in [0.25, 0.3) is 0 Å². The lowest BCUT2D eigenvalue weighted by Crippen LogP contribution is -2.25. The molecule has 1 aromatic heterocycles. The summed E-state index contributed by atoms with van der Waals surface area (Å²) in [6.45, 7) is 4.92. The number of aryl methyl sites for hydroxylation is 2. The number of carbonyl (C=O) groups excluding carboxylic acids is 1. The smallest absolute Gasteiger partial charge is 0.263 e. The second kappa shape index (κ2) is 6.71. The van der Waals surface area contributed by atoms with Crippen molar-refractivity contribution in [2.24, 2.45) is 0 Å². The van der Waals surface area contributed by atoms with Crippen LogP contribution in [0.2, 0.25) is 0 Å². The molecule has 0 aliphatic heterocycles. The van der Waals surface area contributed by atoms with E-state index in [-0.39, 0.29) is 5.91 Å². The number of rotatable bonds is 5. The molecule has 0 spiro atoms. The topological polar surface area (TPSA) is 20.3 Å². The van der Waals surface area contributed by atoms with Gasteiger partial charge in [0, 0.05) is 18.5 Å². The van der Waals surface area contributed by atoms with Crippen molar-refractivity contribution in [2.45, 2.75) is 33.2 Å². The average Bonchev–Trinajstić information content (AvgIpc) is 2.81. The molecule has 0 saturated carbocycles. The van der Waals surface area contributed by atoms with Crippen LogP contribution in [0.15, 0.2) is 36.4 Å². The highest BCUT2D eigenvalue weighted by Crippen LogP contribution is 2.24. The molecule has 1 heterocycles. The van der Waals surface area contributed by atoms with Gasteiger partial charge in [-0.3, -0.25) is 4.79 Å². The highest BCUT2D eigenvalue weighted by Gasteiger charge is 2.16. The van der Waals surface area contributed by atoms with Gasteiger partial charge in [0.05, 0.1) is 4.88 Å². The standard InChI is InChI=1S/C17H21NOS/c1-4-8-15-11-16(20-13(15)2)17(19)18(3)12-14-9-6-5-7-10-14/h5-7,9-11H,4,8,12H2,1-3H3. The second-order valence-electron chi connectivity index (χ2n) is 5.09. The third-order valence-corrected chi connectivity index (χ3v) is 4.44. The molecule has 0 radical (unpaired) electrons. The molecule has 0 saturated heterocycles. The van der Waals surface area contributed by atoms with Crippen molar-refractivity contribution < 1.29 is 4.79 Å². The van der Waals surface area contributed by atoms with Crippen molar-refractivity contribution in [3.05, 3.63) is 57.3 Å². The van der Waals surface area contributed by atoms with Gasteiger partial charge in [-0.2, -0.15) is 0 Å². The van der Waals surface area contributed by atoms with Gasteiger partial charge in [0.1, 0.15) is 0 Å². The summed E-state index contributed by atoms with van der Waals surface area (Å²) in [6.07, 6.45) is 2.17. The summed E-state index contributed by atoms with van der Waals surface area (Å²) in [5.41, 5.74) is 2.47. The fourth-order valence-electron chi connectivity index (χ4n) is 2.26. The molecule has 2 rings (SSSR count). The summed E-state index contributed by atoms with van der Waals surface area (Å²) < 4.78 is 0. The van der Waals surface area contributed by atoms with E-state index in [0.717, 1.165) is 23.3 Å². The molecule has 0 atom stereocenters. The first-order valence-corrected chi connectivity index (χ1v) is 7.82. The minimum atomic E-state index is 0.115. The summed E-state index contributed by atoms with van der Waals surface area (Å²) >= 11 is 1.61. The third kappa shape index (κ3) is 3.48. The third-order valence-electron chi connectivity index (χ3n) is 3.36. The lowest BCUT2D eigenvalue weighted by Gasteiger charge is -2.16. The monoisotopic (exact) mass is 287 g/mol. The van der Waals surface area contributed by atoms with Gasteiger partial charge in [-0.05, 0) is 30.5 Å². The molecule has 0 aliphatic rings. The van der Waals surface area contributed by atoms with E-state index < -0.39 is 0 Å². The molecule has 2 nitrogen and oxygen atoms in total. The molecule has 20 heavy (non-hydrogen) atoms. The summed E-state index contributed by atoms with van der Waals surface area (Å²) in [6, 6.07) is 12.2. The summed E-state index contributed by atoms with van der Waals surface area (Å²) in [5.74, 6) is 0.115. The van der Waals surface area contributed by atoms with Crippen LogP contribution in [0.3, 0.4) is 0 Å². The van der Waals surface area contributed by atoms with Crippen LogP contribution in [-0.4, -0.2) is 17.9 Å². The van der Waals surface area contributed by atoms with Crippen LogP contribution in [0.1, 0.15) is 39.0 Å². The van der Waals surface area contributed by atoms with E-state index in [4.69, 9.17) is 0 Å². The van der Waals surface area contributed by atoms with Crippen molar-refractivity contribution >= 4 is 17.2 Å². The lowest BCUT2D eigenvalue weighted by atomic mass is 10.1. The SMILES string of the molecule is CCCc1cc(C(=O)N(C)Cc2ccccc2)sc1C. The summed E-state index contributed by atoms with van der Waals surface area (Å²) in [5, 5.41) is 0. The van der Waals surface area contributed by atoms with Crippen molar-refractivity contribution in [3.63, 3.8) is 0 Å². The fourth-order valence-corrected chi connectivity index (χ4v) is 3.33. The van der Waals surface area contributed by atoms with Crippen LogP contribution in [-0.2, 0) is 13.0 Å². The van der Waals surface area contributed by atoms with E-state index in [2.05, 4.69) is 19.9 Å². The van der Waals surface area contributed by atoms with Crippen LogP contribution in [0, 0.1) is 6.92 Å². The fraction of sp³-hybridized carbons (Fsp3) is 0.353. The Morgan fingerprint density at radius 2 is 1.95 bits per heavy atom. The molecule has 0 fully saturated rings. The van der Waals surface area contributed by atoms with Gasteiger partial charge in [-0.15, -0.1) is 11.3 Å². The Hall–Kier alpha value is -1.61. The Labute approximate surface area is 125 Å². The maximum absolute atomic E-state index is 12.5. The summed E-state index contributed by atoms with van der Waals surface area (Å²) in [4.78, 5) is 16.4. The maximum atomic E-state index is 12.5. The minimum absolute atomic E-state index is 0.115. The Morgan fingerprint density at radius 1 is 1.25 bits per heavy atom. The van der Waals surface area contributed by atoms with E-state index in [1.807, 2.05) is 37.4 Å². The number of amides is 1. The normalized spacial score (nSPS) is 10.6. The largest absolute Gasteiger partial charge is 0.337 e. The van der Waals surface area contributed by atoms with Gasteiger partial charge in [0.25, 0.3) is 5.91 Å². The Kier molecular flexibility index (Phi) is 4.96. The number of benzene rings is 1. The molecule has 106 valence electrons. The number of nitrogens with zero attached hydrogens (tertiary/aromatic N) is 1. The Balaban J connectivity index is 2.08. The molecule has 0 bridgehead atoms. The van der Waals surface area contributed by atoms with E-state index in [0.29, 0.717) is 6.54 Å². The van der Waals surface area contributed by atoms with Gasteiger partial charge in [0.2, 0.25) is 0 Å². The van der Waals surface area contributed by atoms with Gasteiger partial charge in [0.15, 0.2) is 0 Å². The highest BCUT2D eigenvalue weighted by atomic mass is 32.1. The summed E-state index contributed by atoms with van der Waals surface area (Å²) in [7, 11) is 1.86. The number of hydrogen-bond donors (Lipinski definition) is 0. The van der Waals surface area contributed by atoms with E-state index in [1.165, 1.54) is 10.4 Å². The molecule has 3 heteroatoms. The lowest BCUT2D eigenvalue weighted by molar-refractivity contribution is 0.0790. The molecule has 2 aromatic rings. The Morgan fingerprint density at radius 3 is 2.60 bits per heavy atom. The molecule has 0 N–H and O–H groups in total. The number of carbonyl (C=O) groups is 1.